The minimum Gasteiger partial charge on any atom is -0.481 e. The minimum atomic E-state index is -1.34. The zero-order chi connectivity index (χ0) is 19.4. The maximum absolute atomic E-state index is 13.2. The van der Waals surface area contributed by atoms with Crippen LogP contribution >= 0.6 is 0 Å². The molecule has 2 N–H and O–H groups in total. The molecule has 0 spiro atoms. The van der Waals surface area contributed by atoms with Gasteiger partial charge in [-0.3, -0.25) is 9.69 Å². The molecule has 7 heteroatoms. The van der Waals surface area contributed by atoms with Gasteiger partial charge in [-0.05, 0) is 36.1 Å². The van der Waals surface area contributed by atoms with E-state index in [1.807, 2.05) is 11.0 Å². The number of hydrogen-bond acceptors (Lipinski definition) is 5. The number of aliphatic hydroxyl groups excluding tert-OH is 1. The van der Waals surface area contributed by atoms with Gasteiger partial charge in [0.05, 0.1) is 13.2 Å². The summed E-state index contributed by atoms with van der Waals surface area (Å²) in [6.07, 6.45) is 1.23. The molecule has 1 aliphatic rings. The van der Waals surface area contributed by atoms with E-state index in [4.69, 9.17) is 4.74 Å². The van der Waals surface area contributed by atoms with Gasteiger partial charge in [0.2, 0.25) is 5.88 Å². The molecule has 3 rings (SSSR count). The van der Waals surface area contributed by atoms with E-state index in [2.05, 4.69) is 4.98 Å². The van der Waals surface area contributed by atoms with Gasteiger partial charge in [0.1, 0.15) is 11.2 Å². The zero-order valence-electron chi connectivity index (χ0n) is 15.1. The second kappa shape index (κ2) is 8.02. The number of ether oxygens (including phenoxy) is 1. The Bertz CT molecular complexity index is 782. The Morgan fingerprint density at radius 1 is 1.30 bits per heavy atom. The smallest absolute Gasteiger partial charge is 0.313 e. The SMILES string of the molecule is COc1ccc(CN2CC[C@H](O)[C@](Cc3ccc(F)cc3)(C(=O)O)C2)cn1. The Balaban J connectivity index is 1.79. The maximum Gasteiger partial charge on any atom is 0.313 e. The maximum atomic E-state index is 13.2. The standard InChI is InChI=1S/C20H23FN2O4/c1-27-18-7-4-15(11-22-18)12-23-9-8-17(24)20(13-23,19(25)26)10-14-2-5-16(21)6-3-14/h2-7,11,17,24H,8-10,12-13H2,1H3,(H,25,26)/t17-,20+/m0/s1. The number of hydrogen-bond donors (Lipinski definition) is 2. The van der Waals surface area contributed by atoms with Crippen LogP contribution in [0.15, 0.2) is 42.6 Å². The Morgan fingerprint density at radius 2 is 2.00 bits per heavy atom. The summed E-state index contributed by atoms with van der Waals surface area (Å²) < 4.78 is 18.2. The number of aromatic nitrogens is 1. The number of carboxylic acids is 1. The fourth-order valence-corrected chi connectivity index (χ4v) is 3.61. The molecule has 1 fully saturated rings. The summed E-state index contributed by atoms with van der Waals surface area (Å²) in [7, 11) is 1.55. The quantitative estimate of drug-likeness (QED) is 0.806. The Kier molecular flexibility index (Phi) is 5.72. The molecule has 0 unspecified atom stereocenters. The lowest BCUT2D eigenvalue weighted by atomic mass is 9.72. The Hall–Kier alpha value is -2.51. The number of pyridine rings is 1. The molecule has 27 heavy (non-hydrogen) atoms. The third-order valence-electron chi connectivity index (χ3n) is 5.13. The van der Waals surface area contributed by atoms with E-state index in [0.717, 1.165) is 5.56 Å². The van der Waals surface area contributed by atoms with Gasteiger partial charge in [0, 0.05) is 31.9 Å². The van der Waals surface area contributed by atoms with Gasteiger partial charge < -0.3 is 14.9 Å². The minimum absolute atomic E-state index is 0.140. The van der Waals surface area contributed by atoms with Gasteiger partial charge >= 0.3 is 5.97 Å². The molecule has 6 nitrogen and oxygen atoms in total. The van der Waals surface area contributed by atoms with Crippen molar-refractivity contribution in [1.29, 1.82) is 0 Å². The van der Waals surface area contributed by atoms with Crippen molar-refractivity contribution in [2.24, 2.45) is 5.41 Å². The molecule has 0 saturated carbocycles. The summed E-state index contributed by atoms with van der Waals surface area (Å²) >= 11 is 0. The topological polar surface area (TPSA) is 82.9 Å². The molecule has 0 radical (unpaired) electrons. The number of aliphatic hydroxyl groups is 1. The monoisotopic (exact) mass is 374 g/mol. The highest BCUT2D eigenvalue weighted by atomic mass is 19.1. The lowest BCUT2D eigenvalue weighted by Crippen LogP contribution is -2.56. The third-order valence-corrected chi connectivity index (χ3v) is 5.13. The number of rotatable bonds is 6. The van der Waals surface area contributed by atoms with Gasteiger partial charge in [-0.25, -0.2) is 9.37 Å². The zero-order valence-corrected chi connectivity index (χ0v) is 15.1. The van der Waals surface area contributed by atoms with Crippen LogP contribution in [0.3, 0.4) is 0 Å². The highest BCUT2D eigenvalue weighted by Crippen LogP contribution is 2.35. The van der Waals surface area contributed by atoms with Crippen molar-refractivity contribution < 1.29 is 24.1 Å². The van der Waals surface area contributed by atoms with Crippen LogP contribution in [0.4, 0.5) is 4.39 Å². The van der Waals surface area contributed by atoms with E-state index in [0.29, 0.717) is 31.0 Å². The molecule has 2 heterocycles. The van der Waals surface area contributed by atoms with Crippen molar-refractivity contribution in [3.8, 4) is 5.88 Å². The highest BCUT2D eigenvalue weighted by molar-refractivity contribution is 5.76. The number of methoxy groups -OCH3 is 1. The predicted molar refractivity (Wildman–Crippen MR) is 96.9 cm³/mol. The fraction of sp³-hybridized carbons (Fsp3) is 0.400. The van der Waals surface area contributed by atoms with Crippen LogP contribution < -0.4 is 4.74 Å². The second-order valence-electron chi connectivity index (χ2n) is 6.99. The summed E-state index contributed by atoms with van der Waals surface area (Å²) in [5, 5.41) is 20.5. The summed E-state index contributed by atoms with van der Waals surface area (Å²) in [5.41, 5.74) is 0.287. The van der Waals surface area contributed by atoms with Gasteiger partial charge in [-0.1, -0.05) is 18.2 Å². The number of halogens is 1. The van der Waals surface area contributed by atoms with E-state index in [9.17, 15) is 19.4 Å². The van der Waals surface area contributed by atoms with Crippen LogP contribution in [0, 0.1) is 11.2 Å². The highest BCUT2D eigenvalue weighted by Gasteiger charge is 2.49. The first-order valence-corrected chi connectivity index (χ1v) is 8.80. The predicted octanol–water partition coefficient (Wildman–Crippen LogP) is 2.11. The molecule has 0 aliphatic carbocycles. The lowest BCUT2D eigenvalue weighted by molar-refractivity contribution is -0.163. The largest absolute Gasteiger partial charge is 0.481 e. The first kappa shape index (κ1) is 19.3. The van der Waals surface area contributed by atoms with Gasteiger partial charge in [-0.2, -0.15) is 0 Å². The van der Waals surface area contributed by atoms with Crippen molar-refractivity contribution in [2.75, 3.05) is 20.2 Å². The van der Waals surface area contributed by atoms with Crippen molar-refractivity contribution in [1.82, 2.24) is 9.88 Å². The van der Waals surface area contributed by atoms with Crippen molar-refractivity contribution in [2.45, 2.75) is 25.5 Å². The number of piperidine rings is 1. The van der Waals surface area contributed by atoms with E-state index in [-0.39, 0.29) is 18.8 Å². The van der Waals surface area contributed by atoms with Crippen molar-refractivity contribution >= 4 is 5.97 Å². The number of carbonyl (C=O) groups is 1. The first-order valence-electron chi connectivity index (χ1n) is 8.80. The average Bonchev–Trinajstić information content (AvgIpc) is 2.66. The van der Waals surface area contributed by atoms with E-state index in [1.54, 1.807) is 31.5 Å². The third kappa shape index (κ3) is 4.26. The van der Waals surface area contributed by atoms with E-state index in [1.165, 1.54) is 12.1 Å². The molecular weight excluding hydrogens is 351 g/mol. The van der Waals surface area contributed by atoms with Crippen LogP contribution in [0.5, 0.6) is 5.88 Å². The fourth-order valence-electron chi connectivity index (χ4n) is 3.61. The molecule has 1 saturated heterocycles. The second-order valence-corrected chi connectivity index (χ2v) is 6.99. The number of carboxylic acid groups (broad SMARTS) is 1. The van der Waals surface area contributed by atoms with Gasteiger partial charge in [0.15, 0.2) is 0 Å². The summed E-state index contributed by atoms with van der Waals surface area (Å²) in [4.78, 5) is 18.3. The van der Waals surface area contributed by atoms with Crippen LogP contribution in [0.1, 0.15) is 17.5 Å². The molecule has 1 aliphatic heterocycles. The molecule has 2 aromatic rings. The molecule has 0 amide bonds. The number of likely N-dealkylation sites (tertiary alicyclic amines) is 1. The van der Waals surface area contributed by atoms with Gasteiger partial charge in [0.25, 0.3) is 0 Å². The van der Waals surface area contributed by atoms with Gasteiger partial charge in [-0.15, -0.1) is 0 Å². The molecule has 2 atom stereocenters. The molecular formula is C20H23FN2O4. The summed E-state index contributed by atoms with van der Waals surface area (Å²) in [6.45, 7) is 1.32. The Morgan fingerprint density at radius 3 is 2.59 bits per heavy atom. The molecule has 0 bridgehead atoms. The van der Waals surface area contributed by atoms with Crippen LogP contribution in [-0.2, 0) is 17.8 Å². The molecule has 144 valence electrons. The lowest BCUT2D eigenvalue weighted by Gasteiger charge is -2.43. The van der Waals surface area contributed by atoms with Crippen LogP contribution in [0.25, 0.3) is 0 Å². The van der Waals surface area contributed by atoms with Crippen molar-refractivity contribution in [3.63, 3.8) is 0 Å². The average molecular weight is 374 g/mol. The Labute approximate surface area is 157 Å². The first-order chi connectivity index (χ1) is 12.9. The number of benzene rings is 1. The molecule has 1 aromatic carbocycles. The normalized spacial score (nSPS) is 23.1. The number of aliphatic carboxylic acids is 1. The van der Waals surface area contributed by atoms with Crippen molar-refractivity contribution in [3.05, 3.63) is 59.5 Å². The summed E-state index contributed by atoms with van der Waals surface area (Å²) in [5.74, 6) is -0.901. The van der Waals surface area contributed by atoms with Crippen LogP contribution in [-0.4, -0.2) is 52.4 Å². The van der Waals surface area contributed by atoms with Crippen LogP contribution in [0.2, 0.25) is 0 Å². The summed E-state index contributed by atoms with van der Waals surface area (Å²) in [6, 6.07) is 9.40. The molecule has 1 aromatic heterocycles. The van der Waals surface area contributed by atoms with E-state index < -0.39 is 17.5 Å². The number of nitrogens with zero attached hydrogens (tertiary/aromatic N) is 2. The van der Waals surface area contributed by atoms with E-state index >= 15 is 0 Å².